The molecule has 8 heteroatoms. The van der Waals surface area contributed by atoms with Crippen LogP contribution in [0.2, 0.25) is 0 Å². The molecule has 0 bridgehead atoms. The van der Waals surface area contributed by atoms with Gasteiger partial charge >= 0.3 is 5.97 Å². The van der Waals surface area contributed by atoms with Crippen molar-refractivity contribution in [3.8, 4) is 0 Å². The van der Waals surface area contributed by atoms with Crippen LogP contribution in [-0.4, -0.2) is 65.4 Å². The topological polar surface area (TPSA) is 102 Å². The molecular weight excluding hydrogens is 414 g/mol. The van der Waals surface area contributed by atoms with E-state index in [1.54, 1.807) is 13.0 Å². The first-order valence-corrected chi connectivity index (χ1v) is 11.5. The number of ether oxygens (including phenoxy) is 2. The van der Waals surface area contributed by atoms with Gasteiger partial charge in [-0.2, -0.15) is 0 Å². The van der Waals surface area contributed by atoms with Gasteiger partial charge in [0.05, 0.1) is 18.2 Å². The zero-order valence-electron chi connectivity index (χ0n) is 20.5. The van der Waals surface area contributed by atoms with Crippen LogP contribution in [0, 0.1) is 11.8 Å². The lowest BCUT2D eigenvalue weighted by molar-refractivity contribution is -0.388. The molecule has 0 saturated carbocycles. The van der Waals surface area contributed by atoms with E-state index in [1.165, 1.54) is 19.1 Å². The highest BCUT2D eigenvalue weighted by Crippen LogP contribution is 2.44. The fourth-order valence-corrected chi connectivity index (χ4v) is 4.39. The Balaban J connectivity index is 3.05. The number of carbonyl (C=O) groups is 3. The van der Waals surface area contributed by atoms with Gasteiger partial charge in [0.1, 0.15) is 17.8 Å². The van der Waals surface area contributed by atoms with Crippen molar-refractivity contribution in [3.63, 3.8) is 0 Å². The number of hydroxylamine groups is 2. The minimum absolute atomic E-state index is 0.0232. The van der Waals surface area contributed by atoms with E-state index >= 15 is 0 Å². The molecule has 184 valence electrons. The normalized spacial score (nSPS) is 25.1. The van der Waals surface area contributed by atoms with E-state index in [2.05, 4.69) is 13.5 Å². The molecule has 6 atom stereocenters. The predicted octanol–water partition coefficient (Wildman–Crippen LogP) is 3.21. The Morgan fingerprint density at radius 1 is 1.34 bits per heavy atom. The molecule has 0 aromatic rings. The van der Waals surface area contributed by atoms with Crippen molar-refractivity contribution in [3.05, 3.63) is 12.7 Å². The minimum Gasteiger partial charge on any atom is -0.459 e. The minimum atomic E-state index is -1.08. The Morgan fingerprint density at radius 3 is 2.50 bits per heavy atom. The highest BCUT2D eigenvalue weighted by Gasteiger charge is 2.59. The van der Waals surface area contributed by atoms with Crippen molar-refractivity contribution in [2.75, 3.05) is 13.7 Å². The number of Topliss-reactive ketones (excluding diaryl/α,β-unsaturated/α-hetero) is 1. The zero-order chi connectivity index (χ0) is 24.5. The molecule has 1 amide bonds. The zero-order valence-corrected chi connectivity index (χ0v) is 20.5. The number of ketones is 1. The molecule has 1 aliphatic heterocycles. The first kappa shape index (κ1) is 28.3. The SMILES string of the molecule is C=CC[C@@](O)(CC1N(C=O)O[C@]1(C)[C@@H](CC)OC(=O)C(C)C(=O)CCOC)[C@H](C)CCC. The number of carbonyl (C=O) groups excluding carboxylic acids is 3. The maximum Gasteiger partial charge on any atom is 0.316 e. The molecule has 0 aromatic heterocycles. The Bertz CT molecular complexity index is 654. The maximum absolute atomic E-state index is 12.7. The third-order valence-corrected chi connectivity index (χ3v) is 6.72. The second kappa shape index (κ2) is 12.5. The summed E-state index contributed by atoms with van der Waals surface area (Å²) < 4.78 is 10.6. The summed E-state index contributed by atoms with van der Waals surface area (Å²) in [4.78, 5) is 42.2. The van der Waals surface area contributed by atoms with Crippen LogP contribution in [0.25, 0.3) is 0 Å². The molecule has 1 fully saturated rings. The van der Waals surface area contributed by atoms with Crippen LogP contribution in [0.4, 0.5) is 0 Å². The second-order valence-electron chi connectivity index (χ2n) is 9.01. The molecule has 1 saturated heterocycles. The van der Waals surface area contributed by atoms with Gasteiger partial charge in [-0.15, -0.1) is 6.58 Å². The smallest absolute Gasteiger partial charge is 0.316 e. The summed E-state index contributed by atoms with van der Waals surface area (Å²) in [5, 5.41) is 12.6. The maximum atomic E-state index is 12.7. The van der Waals surface area contributed by atoms with E-state index in [-0.39, 0.29) is 31.1 Å². The number of rotatable bonds is 16. The molecule has 0 aromatic carbocycles. The molecule has 2 unspecified atom stereocenters. The van der Waals surface area contributed by atoms with Crippen molar-refractivity contribution in [1.29, 1.82) is 0 Å². The summed E-state index contributed by atoms with van der Waals surface area (Å²) in [6.45, 7) is 13.2. The summed E-state index contributed by atoms with van der Waals surface area (Å²) in [7, 11) is 1.49. The van der Waals surface area contributed by atoms with Crippen LogP contribution >= 0.6 is 0 Å². The van der Waals surface area contributed by atoms with Crippen LogP contribution in [0.3, 0.4) is 0 Å². The van der Waals surface area contributed by atoms with E-state index in [4.69, 9.17) is 14.3 Å². The first-order chi connectivity index (χ1) is 15.0. The Hall–Kier alpha value is -1.77. The monoisotopic (exact) mass is 455 g/mol. The molecule has 1 N–H and O–H groups in total. The Labute approximate surface area is 192 Å². The molecule has 0 aliphatic carbocycles. The lowest BCUT2D eigenvalue weighted by Crippen LogP contribution is -2.72. The molecule has 32 heavy (non-hydrogen) atoms. The van der Waals surface area contributed by atoms with Gasteiger partial charge in [-0.25, -0.2) is 5.06 Å². The number of hydrogen-bond donors (Lipinski definition) is 1. The van der Waals surface area contributed by atoms with Crippen molar-refractivity contribution < 1.29 is 33.8 Å². The number of aliphatic hydroxyl groups is 1. The van der Waals surface area contributed by atoms with E-state index in [0.29, 0.717) is 19.3 Å². The number of amides is 1. The van der Waals surface area contributed by atoms with Crippen LogP contribution in [0.5, 0.6) is 0 Å². The number of hydrogen-bond acceptors (Lipinski definition) is 7. The molecule has 8 nitrogen and oxygen atoms in total. The largest absolute Gasteiger partial charge is 0.459 e. The van der Waals surface area contributed by atoms with Crippen LogP contribution < -0.4 is 0 Å². The van der Waals surface area contributed by atoms with E-state index in [9.17, 15) is 19.5 Å². The van der Waals surface area contributed by atoms with Gasteiger partial charge in [0, 0.05) is 20.0 Å². The highest BCUT2D eigenvalue weighted by atomic mass is 16.8. The van der Waals surface area contributed by atoms with Gasteiger partial charge in [0.2, 0.25) is 6.41 Å². The number of methoxy groups -OCH3 is 1. The summed E-state index contributed by atoms with van der Waals surface area (Å²) in [6, 6.07) is -0.499. The highest BCUT2D eigenvalue weighted by molar-refractivity contribution is 5.98. The predicted molar refractivity (Wildman–Crippen MR) is 120 cm³/mol. The lowest BCUT2D eigenvalue weighted by atomic mass is 9.72. The molecule has 1 rings (SSSR count). The lowest BCUT2D eigenvalue weighted by Gasteiger charge is -2.57. The van der Waals surface area contributed by atoms with Gasteiger partial charge in [0.15, 0.2) is 5.60 Å². The molecule has 0 spiro atoms. The van der Waals surface area contributed by atoms with Crippen molar-refractivity contribution in [2.45, 2.75) is 96.5 Å². The van der Waals surface area contributed by atoms with Gasteiger partial charge in [-0.3, -0.25) is 19.2 Å². The standard InChI is InChI=1S/C24H41NO7/c1-8-11-17(4)24(29,13-9-2)15-20-23(6,32-25(20)16-26)21(10-3)31-22(28)18(5)19(27)12-14-30-7/h9,16-18,20-21,29H,2,8,10-15H2,1,3-7H3/t17-,18?,20?,21-,23+,24-/m1/s1. The number of nitrogens with zero attached hydrogens (tertiary/aromatic N) is 1. The third kappa shape index (κ3) is 6.39. The Kier molecular flexibility index (Phi) is 11.0. The van der Waals surface area contributed by atoms with Crippen LogP contribution in [0.15, 0.2) is 12.7 Å². The number of esters is 1. The summed E-state index contributed by atoms with van der Waals surface area (Å²) in [6.07, 6.45) is 4.49. The average Bonchev–Trinajstić information content (AvgIpc) is 2.77. The van der Waals surface area contributed by atoms with Crippen molar-refractivity contribution in [2.24, 2.45) is 11.8 Å². The third-order valence-electron chi connectivity index (χ3n) is 6.72. The van der Waals surface area contributed by atoms with Crippen molar-refractivity contribution in [1.82, 2.24) is 5.06 Å². The molecule has 0 radical (unpaired) electrons. The molecule has 1 heterocycles. The average molecular weight is 456 g/mol. The van der Waals surface area contributed by atoms with E-state index in [1.807, 2.05) is 13.8 Å². The molecule has 1 aliphatic rings. The Morgan fingerprint density at radius 2 is 2.00 bits per heavy atom. The van der Waals surface area contributed by atoms with Gasteiger partial charge in [-0.05, 0) is 39.0 Å². The fraction of sp³-hybridized carbons (Fsp3) is 0.792. The van der Waals surface area contributed by atoms with Gasteiger partial charge in [-0.1, -0.05) is 33.3 Å². The summed E-state index contributed by atoms with van der Waals surface area (Å²) in [5.41, 5.74) is -2.10. The summed E-state index contributed by atoms with van der Waals surface area (Å²) >= 11 is 0. The van der Waals surface area contributed by atoms with Crippen LogP contribution in [0.1, 0.15) is 73.1 Å². The van der Waals surface area contributed by atoms with E-state index < -0.39 is 35.2 Å². The first-order valence-electron chi connectivity index (χ1n) is 11.5. The molecular formula is C24H41NO7. The van der Waals surface area contributed by atoms with Crippen molar-refractivity contribution >= 4 is 18.2 Å². The summed E-state index contributed by atoms with van der Waals surface area (Å²) in [5.74, 6) is -1.84. The second-order valence-corrected chi connectivity index (χ2v) is 9.01. The fourth-order valence-electron chi connectivity index (χ4n) is 4.39. The van der Waals surface area contributed by atoms with Crippen LogP contribution in [-0.2, 0) is 28.7 Å². The van der Waals surface area contributed by atoms with Gasteiger partial charge < -0.3 is 14.6 Å². The van der Waals surface area contributed by atoms with E-state index in [0.717, 1.165) is 12.8 Å². The van der Waals surface area contributed by atoms with Gasteiger partial charge in [0.25, 0.3) is 0 Å². The quantitative estimate of drug-likeness (QED) is 0.165.